The van der Waals surface area contributed by atoms with Gasteiger partial charge >= 0.3 is 0 Å². The second kappa shape index (κ2) is 7.83. The lowest BCUT2D eigenvalue weighted by Gasteiger charge is -2.22. The first-order valence-corrected chi connectivity index (χ1v) is 9.91. The summed E-state index contributed by atoms with van der Waals surface area (Å²) in [6, 6.07) is 21.6. The van der Waals surface area contributed by atoms with Gasteiger partial charge in [-0.05, 0) is 29.8 Å². The molecule has 0 saturated carbocycles. The Morgan fingerprint density at radius 1 is 0.733 bits per heavy atom. The van der Waals surface area contributed by atoms with Crippen LogP contribution in [0.2, 0.25) is 0 Å². The summed E-state index contributed by atoms with van der Waals surface area (Å²) in [4.78, 5) is 24.1. The molecule has 0 saturated heterocycles. The Morgan fingerprint density at radius 2 is 1.27 bits per heavy atom. The summed E-state index contributed by atoms with van der Waals surface area (Å²) in [6.45, 7) is 0.938. The van der Waals surface area contributed by atoms with Crippen LogP contribution in [-0.2, 0) is 24.3 Å². The number of pyridine rings is 2. The lowest BCUT2D eigenvalue weighted by Crippen LogP contribution is -2.32. The molecule has 0 aliphatic rings. The lowest BCUT2D eigenvalue weighted by molar-refractivity contribution is -0.131. The quantitative estimate of drug-likeness (QED) is 0.440. The molecular weight excluding hydrogens is 374 g/mol. The number of carbonyl (C=O) groups excluding carboxylic acids is 1. The van der Waals surface area contributed by atoms with Crippen LogP contribution in [0.15, 0.2) is 91.5 Å². The highest BCUT2D eigenvalue weighted by molar-refractivity contribution is 5.78. The largest absolute Gasteiger partial charge is 0.331 e. The van der Waals surface area contributed by atoms with Crippen molar-refractivity contribution in [3.8, 4) is 0 Å². The average Bonchev–Trinajstić information content (AvgIpc) is 3.38. The van der Waals surface area contributed by atoms with Crippen molar-refractivity contribution in [2.75, 3.05) is 0 Å². The molecular formula is C24H21N5O. The minimum Gasteiger partial charge on any atom is -0.331 e. The van der Waals surface area contributed by atoms with E-state index in [2.05, 4.69) is 9.97 Å². The van der Waals surface area contributed by atoms with Crippen LogP contribution in [-0.4, -0.2) is 29.6 Å². The van der Waals surface area contributed by atoms with Gasteiger partial charge in [0.1, 0.15) is 11.3 Å². The maximum atomic E-state index is 13.3. The molecule has 0 radical (unpaired) electrons. The van der Waals surface area contributed by atoms with E-state index in [-0.39, 0.29) is 5.91 Å². The third-order valence-corrected chi connectivity index (χ3v) is 5.24. The molecule has 0 aliphatic heterocycles. The predicted octanol–water partition coefficient (Wildman–Crippen LogP) is 3.75. The molecule has 1 aromatic carbocycles. The third kappa shape index (κ3) is 3.55. The van der Waals surface area contributed by atoms with Gasteiger partial charge in [-0.15, -0.1) is 0 Å². The van der Waals surface area contributed by atoms with E-state index < -0.39 is 0 Å². The van der Waals surface area contributed by atoms with Crippen molar-refractivity contribution in [1.82, 2.24) is 23.7 Å². The van der Waals surface area contributed by atoms with Crippen LogP contribution in [0.4, 0.5) is 0 Å². The van der Waals surface area contributed by atoms with Crippen molar-refractivity contribution in [3.05, 3.63) is 108 Å². The minimum atomic E-state index is 0.0676. The molecule has 0 aliphatic carbocycles. The summed E-state index contributed by atoms with van der Waals surface area (Å²) < 4.78 is 4.05. The number of nitrogens with zero attached hydrogens (tertiary/aromatic N) is 5. The Hall–Kier alpha value is -3.93. The normalized spacial score (nSPS) is 11.2. The summed E-state index contributed by atoms with van der Waals surface area (Å²) in [5.74, 6) is 0.0676. The predicted molar refractivity (Wildman–Crippen MR) is 115 cm³/mol. The van der Waals surface area contributed by atoms with Crippen LogP contribution in [0.1, 0.15) is 17.0 Å². The molecule has 0 bridgehead atoms. The molecule has 0 fully saturated rings. The number of imidazole rings is 2. The standard InChI is InChI=1S/C24H21N5O/c30-24(14-19-8-2-1-3-9-19)27(17-20-15-25-22-10-4-6-12-28(20)22)18-21-16-26-23-11-5-7-13-29(21)23/h1-13,15-16H,14,17-18H2. The molecule has 6 heteroatoms. The van der Waals surface area contributed by atoms with Crippen LogP contribution < -0.4 is 0 Å². The van der Waals surface area contributed by atoms with Gasteiger partial charge < -0.3 is 13.7 Å². The molecule has 30 heavy (non-hydrogen) atoms. The Bertz CT molecular complexity index is 1230. The van der Waals surface area contributed by atoms with Gasteiger partial charge in [0.15, 0.2) is 0 Å². The average molecular weight is 395 g/mol. The molecule has 0 atom stereocenters. The van der Waals surface area contributed by atoms with Gasteiger partial charge in [-0.25, -0.2) is 9.97 Å². The molecule has 5 aromatic rings. The van der Waals surface area contributed by atoms with Crippen LogP contribution in [0.5, 0.6) is 0 Å². The number of carbonyl (C=O) groups is 1. The molecule has 6 nitrogen and oxygen atoms in total. The number of aromatic nitrogens is 4. The van der Waals surface area contributed by atoms with Gasteiger partial charge in [-0.1, -0.05) is 42.5 Å². The first-order valence-electron chi connectivity index (χ1n) is 9.91. The summed E-state index contributed by atoms with van der Waals surface area (Å²) in [7, 11) is 0. The van der Waals surface area contributed by atoms with E-state index in [0.29, 0.717) is 19.5 Å². The number of fused-ring (bicyclic) bond motifs is 2. The topological polar surface area (TPSA) is 54.9 Å². The van der Waals surface area contributed by atoms with E-state index >= 15 is 0 Å². The summed E-state index contributed by atoms with van der Waals surface area (Å²) in [5, 5.41) is 0. The van der Waals surface area contributed by atoms with E-state index in [1.165, 1.54) is 0 Å². The molecule has 0 unspecified atom stereocenters. The second-order valence-corrected chi connectivity index (χ2v) is 7.27. The van der Waals surface area contributed by atoms with Crippen LogP contribution >= 0.6 is 0 Å². The van der Waals surface area contributed by atoms with Crippen molar-refractivity contribution in [2.24, 2.45) is 0 Å². The van der Waals surface area contributed by atoms with Crippen molar-refractivity contribution < 1.29 is 4.79 Å². The SMILES string of the molecule is O=C(Cc1ccccc1)N(Cc1cnc2ccccn12)Cc1cnc2ccccn12. The van der Waals surface area contributed by atoms with Gasteiger partial charge in [0, 0.05) is 12.4 Å². The fourth-order valence-electron chi connectivity index (χ4n) is 3.71. The minimum absolute atomic E-state index is 0.0676. The summed E-state index contributed by atoms with van der Waals surface area (Å²) >= 11 is 0. The Labute approximate surface area is 174 Å². The zero-order valence-electron chi connectivity index (χ0n) is 16.4. The van der Waals surface area contributed by atoms with E-state index in [1.54, 1.807) is 0 Å². The van der Waals surface area contributed by atoms with Crippen LogP contribution in [0, 0.1) is 0 Å². The van der Waals surface area contributed by atoms with Crippen molar-refractivity contribution >= 4 is 17.2 Å². The van der Waals surface area contributed by atoms with Crippen LogP contribution in [0.3, 0.4) is 0 Å². The number of benzene rings is 1. The maximum absolute atomic E-state index is 13.3. The lowest BCUT2D eigenvalue weighted by atomic mass is 10.1. The van der Waals surface area contributed by atoms with Gasteiger partial charge in [0.2, 0.25) is 5.91 Å². The molecule has 1 amide bonds. The highest BCUT2D eigenvalue weighted by Crippen LogP contribution is 2.15. The van der Waals surface area contributed by atoms with E-state index in [1.807, 2.05) is 105 Å². The smallest absolute Gasteiger partial charge is 0.227 e. The first-order chi connectivity index (χ1) is 14.8. The number of hydrogen-bond donors (Lipinski definition) is 0. The molecule has 0 N–H and O–H groups in total. The Balaban J connectivity index is 1.47. The summed E-state index contributed by atoms with van der Waals surface area (Å²) in [5.41, 5.74) is 4.70. The van der Waals surface area contributed by atoms with Crippen molar-refractivity contribution in [1.29, 1.82) is 0 Å². The van der Waals surface area contributed by atoms with Gasteiger partial charge in [0.25, 0.3) is 0 Å². The zero-order chi connectivity index (χ0) is 20.3. The van der Waals surface area contributed by atoms with Gasteiger partial charge in [-0.2, -0.15) is 0 Å². The summed E-state index contributed by atoms with van der Waals surface area (Å²) in [6.07, 6.45) is 7.99. The van der Waals surface area contributed by atoms with E-state index in [0.717, 1.165) is 28.2 Å². The number of hydrogen-bond acceptors (Lipinski definition) is 3. The van der Waals surface area contributed by atoms with E-state index in [4.69, 9.17) is 0 Å². The molecule has 4 aromatic heterocycles. The van der Waals surface area contributed by atoms with Crippen molar-refractivity contribution in [2.45, 2.75) is 19.5 Å². The molecule has 4 heterocycles. The van der Waals surface area contributed by atoms with Crippen LogP contribution in [0.25, 0.3) is 11.3 Å². The fraction of sp³-hybridized carbons (Fsp3) is 0.125. The number of rotatable bonds is 6. The Kier molecular flexibility index (Phi) is 4.73. The highest BCUT2D eigenvalue weighted by atomic mass is 16.2. The molecule has 5 rings (SSSR count). The maximum Gasteiger partial charge on any atom is 0.227 e. The molecule has 0 spiro atoms. The third-order valence-electron chi connectivity index (χ3n) is 5.24. The zero-order valence-corrected chi connectivity index (χ0v) is 16.4. The second-order valence-electron chi connectivity index (χ2n) is 7.27. The van der Waals surface area contributed by atoms with Crippen molar-refractivity contribution in [3.63, 3.8) is 0 Å². The van der Waals surface area contributed by atoms with E-state index in [9.17, 15) is 4.79 Å². The first kappa shape index (κ1) is 18.1. The number of amides is 1. The van der Waals surface area contributed by atoms with Gasteiger partial charge in [0.05, 0.1) is 43.3 Å². The molecule has 148 valence electrons. The van der Waals surface area contributed by atoms with Gasteiger partial charge in [-0.3, -0.25) is 4.79 Å². The highest BCUT2D eigenvalue weighted by Gasteiger charge is 2.19. The fourth-order valence-corrected chi connectivity index (χ4v) is 3.71. The Morgan fingerprint density at radius 3 is 1.83 bits per heavy atom. The monoisotopic (exact) mass is 395 g/mol.